The zero-order valence-corrected chi connectivity index (χ0v) is 51.3. The molecule has 466 valence electrons. The number of ketones is 2. The van der Waals surface area contributed by atoms with Crippen LogP contribution in [0.2, 0.25) is 0 Å². The van der Waals surface area contributed by atoms with Gasteiger partial charge >= 0.3 is 0 Å². The van der Waals surface area contributed by atoms with Crippen molar-refractivity contribution in [2.45, 2.75) is 157 Å². The lowest BCUT2D eigenvalue weighted by molar-refractivity contribution is -0.461. The predicted octanol–water partition coefficient (Wildman–Crippen LogP) is 8.88. The van der Waals surface area contributed by atoms with E-state index in [1.54, 1.807) is 36.4 Å². The van der Waals surface area contributed by atoms with E-state index in [0.29, 0.717) is 60.9 Å². The summed E-state index contributed by atoms with van der Waals surface area (Å²) in [6.45, 7) is -0.553. The number of carbonyl (C=O) groups excluding carboxylic acids is 3. The molecule has 17 heteroatoms. The highest BCUT2D eigenvalue weighted by atomic mass is 33.1. The van der Waals surface area contributed by atoms with Crippen molar-refractivity contribution in [1.29, 1.82) is 0 Å². The molecule has 15 nitrogen and oxygen atoms in total. The van der Waals surface area contributed by atoms with Crippen LogP contribution in [0, 0.1) is 74.4 Å². The van der Waals surface area contributed by atoms with Crippen molar-refractivity contribution in [3.05, 3.63) is 141 Å². The molecule has 4 heterocycles. The lowest BCUT2D eigenvalue weighted by atomic mass is 9.42. The van der Waals surface area contributed by atoms with E-state index in [-0.39, 0.29) is 89.6 Å². The van der Waals surface area contributed by atoms with Gasteiger partial charge in [-0.3, -0.25) is 9.59 Å². The summed E-state index contributed by atoms with van der Waals surface area (Å²) in [4.78, 5) is 46.3. The number of carbonyl (C=O) groups is 3. The summed E-state index contributed by atoms with van der Waals surface area (Å²) >= 11 is 0. The Morgan fingerprint density at radius 1 is 0.818 bits per heavy atom. The second-order valence-corrected chi connectivity index (χ2v) is 32.5. The van der Waals surface area contributed by atoms with Crippen LogP contribution in [0.15, 0.2) is 113 Å². The van der Waals surface area contributed by atoms with Gasteiger partial charge in [-0.1, -0.05) is 76.2 Å². The van der Waals surface area contributed by atoms with Gasteiger partial charge in [-0.05, 0) is 219 Å². The minimum atomic E-state index is -2.38. The first-order chi connectivity index (χ1) is 42.4. The van der Waals surface area contributed by atoms with Gasteiger partial charge in [0.05, 0.1) is 36.4 Å². The molecular formula is C71H82N2O13S2. The number of aliphatic hydroxyl groups excluding tert-OH is 6. The Hall–Kier alpha value is -4.95. The minimum absolute atomic E-state index is 0.0125. The van der Waals surface area contributed by atoms with Gasteiger partial charge < -0.3 is 65.8 Å². The fourth-order valence-electron chi connectivity index (χ4n) is 23.0. The molecule has 17 rings (SSSR count). The summed E-state index contributed by atoms with van der Waals surface area (Å²) in [5, 5.41) is 104. The summed E-state index contributed by atoms with van der Waals surface area (Å²) in [5.74, 6) is -4.76. The van der Waals surface area contributed by atoms with Crippen LogP contribution in [0.3, 0.4) is 0 Å². The van der Waals surface area contributed by atoms with E-state index in [0.717, 1.165) is 87.6 Å². The van der Waals surface area contributed by atoms with Gasteiger partial charge in [-0.15, -0.1) is 0 Å². The van der Waals surface area contributed by atoms with Crippen molar-refractivity contribution < 1.29 is 64.7 Å². The maximum Gasteiger partial charge on any atom is 0.240 e. The molecule has 10 bridgehead atoms. The van der Waals surface area contributed by atoms with Crippen molar-refractivity contribution in [3.63, 3.8) is 0 Å². The Bertz CT molecular complexity index is 3570. The van der Waals surface area contributed by atoms with E-state index in [1.807, 2.05) is 36.4 Å². The van der Waals surface area contributed by atoms with Crippen LogP contribution in [0.25, 0.3) is 0 Å². The third-order valence-corrected chi connectivity index (χ3v) is 28.5. The van der Waals surface area contributed by atoms with Crippen LogP contribution in [0.1, 0.15) is 140 Å². The largest absolute Gasteiger partial charge is 0.511 e. The number of aldehydes is 1. The van der Waals surface area contributed by atoms with Crippen LogP contribution in [-0.2, 0) is 29.0 Å². The monoisotopic (exact) mass is 1230 g/mol. The highest BCUT2D eigenvalue weighted by molar-refractivity contribution is 8.76. The third kappa shape index (κ3) is 7.98. The number of allylic oxidation sites excluding steroid dienone is 6. The van der Waals surface area contributed by atoms with E-state index in [9.17, 15) is 45.6 Å². The molecule has 0 amide bonds. The van der Waals surface area contributed by atoms with Gasteiger partial charge in [-0.25, -0.2) is 0 Å². The van der Waals surface area contributed by atoms with Crippen molar-refractivity contribution in [1.82, 2.24) is 10.6 Å². The molecule has 3 aromatic rings. The number of hydrogen-bond donors (Lipinski definition) is 10. The summed E-state index contributed by atoms with van der Waals surface area (Å²) < 4.78 is 14.4. The topological polar surface area (TPSA) is 256 Å². The second kappa shape index (κ2) is 20.5. The zero-order valence-electron chi connectivity index (χ0n) is 49.7. The lowest BCUT2D eigenvalue weighted by Crippen LogP contribution is -2.88. The van der Waals surface area contributed by atoms with E-state index >= 15 is 9.59 Å². The standard InChI is InChI=1S/C71H82N2O13S2/c74-18-4-11-56-70-53(23-43(24-55(70)79)21-39-5-1-7-42(20-39)32-75)59(80)48-9-3-10-54(58(48)61(70)81)85-69-15-13-51-49-26-44-25-45-30-66(35-65(29-46(66)33-76)17-16-64(34-65)14-12-41(28-64)19-40-6-2-8-47(78)22-40)36-67(45,52-27-57(72-31-50(44)52)73-38-87-88-56)60(49)71(84,63(69)83)62(82)68(51,37-77)86-69/h1-3,5-10,20,22-24,27,33,41,44-46,49,51,53,56,60,62-63,72-75,77-79,82-84H,4,11-19,21,25-26,28-32,34-38H2. The number of ether oxygens (including phenoxy) is 2. The molecule has 4 aliphatic heterocycles. The SMILES string of the molecule is O=CC1CC2(CCC3(CCC(Cc4cccc(O)c4)C3)C2)CC12CC1CC3CC4C5CCC67Oc8cccc9c8C(=O)C8(C(O)=CC(Cc%10cccc(CO)c%10)=CC8C9=O)C(CCCO)SSCNC8=CC(=C3CN8)C1(C2)C4C(O)(C6O)C(O)C5(CO)O7. The summed E-state index contributed by atoms with van der Waals surface area (Å²) in [7, 11) is 2.84. The number of phenols is 1. The summed E-state index contributed by atoms with van der Waals surface area (Å²) in [6.07, 6.45) is 16.3. The first kappa shape index (κ1) is 58.2. The molecule has 0 radical (unpaired) electrons. The summed E-state index contributed by atoms with van der Waals surface area (Å²) in [6, 6.07) is 19.8. The zero-order chi connectivity index (χ0) is 60.5. The predicted molar refractivity (Wildman–Crippen MR) is 330 cm³/mol. The molecule has 2 saturated heterocycles. The first-order valence-corrected chi connectivity index (χ1v) is 35.0. The second-order valence-electron chi connectivity index (χ2n) is 29.9. The van der Waals surface area contributed by atoms with Crippen molar-refractivity contribution in [3.8, 4) is 11.5 Å². The van der Waals surface area contributed by atoms with E-state index in [2.05, 4.69) is 22.8 Å². The number of benzene rings is 3. The maximum atomic E-state index is 16.4. The molecular weight excluding hydrogens is 1150 g/mol. The molecule has 10 N–H and O–H groups in total. The number of nitrogens with one attached hydrogen (secondary N) is 2. The van der Waals surface area contributed by atoms with Gasteiger partial charge in [0.1, 0.15) is 46.3 Å². The minimum Gasteiger partial charge on any atom is -0.511 e. The molecule has 10 aliphatic carbocycles. The van der Waals surface area contributed by atoms with Crippen LogP contribution in [-0.4, -0.2) is 119 Å². The molecule has 3 aromatic carbocycles. The van der Waals surface area contributed by atoms with E-state index in [4.69, 9.17) is 9.47 Å². The quantitative estimate of drug-likeness (QED) is 0.0672. The average molecular weight is 1240 g/mol. The smallest absolute Gasteiger partial charge is 0.240 e. The highest BCUT2D eigenvalue weighted by Gasteiger charge is 2.84. The lowest BCUT2D eigenvalue weighted by Gasteiger charge is -2.72. The Morgan fingerprint density at radius 3 is 2.45 bits per heavy atom. The van der Waals surface area contributed by atoms with Crippen molar-refractivity contribution in [2.75, 3.05) is 25.6 Å². The van der Waals surface area contributed by atoms with Gasteiger partial charge in [0.25, 0.3) is 0 Å². The van der Waals surface area contributed by atoms with Crippen molar-refractivity contribution in [2.24, 2.45) is 74.4 Å². The number of rotatable bonds is 10. The van der Waals surface area contributed by atoms with Crippen LogP contribution in [0.4, 0.5) is 0 Å². The number of dihydropyridines is 1. The van der Waals surface area contributed by atoms with Gasteiger partial charge in [0.15, 0.2) is 17.7 Å². The van der Waals surface area contributed by atoms with Crippen LogP contribution >= 0.6 is 21.6 Å². The number of aromatic hydroxyl groups is 1. The molecule has 88 heavy (non-hydrogen) atoms. The molecule has 6 saturated carbocycles. The van der Waals surface area contributed by atoms with Gasteiger partial charge in [0.2, 0.25) is 5.79 Å². The number of phenolic OH excluding ortho intramolecular Hbond substituents is 1. The number of hydrogen-bond acceptors (Lipinski definition) is 17. The third-order valence-electron chi connectivity index (χ3n) is 25.8. The molecule has 14 aliphatic rings. The fourth-order valence-corrected chi connectivity index (χ4v) is 25.9. The van der Waals surface area contributed by atoms with E-state index in [1.165, 1.54) is 39.0 Å². The molecule has 0 aromatic heterocycles. The molecule has 6 spiro atoms. The maximum absolute atomic E-state index is 16.4. The number of aliphatic hydroxyl groups is 7. The molecule has 19 unspecified atom stereocenters. The average Bonchev–Trinajstić information content (AvgIpc) is 1.24. The Balaban J connectivity index is 0.822. The number of Topliss-reactive ketones (excluding diaryl/α,β-unsaturated/α-hetero) is 2. The Labute approximate surface area is 521 Å². The Kier molecular flexibility index (Phi) is 13.6. The molecule has 19 atom stereocenters. The fraction of sp³-hybridized carbons (Fsp3) is 0.592. The van der Waals surface area contributed by atoms with Crippen molar-refractivity contribution >= 4 is 39.4 Å². The summed E-state index contributed by atoms with van der Waals surface area (Å²) in [5.41, 5.74) is -1.66. The highest BCUT2D eigenvalue weighted by Crippen LogP contribution is 2.81. The normalized spacial score (nSPS) is 43.9. The van der Waals surface area contributed by atoms with Crippen LogP contribution in [0.5, 0.6) is 11.5 Å². The van der Waals surface area contributed by atoms with E-state index < -0.39 is 86.6 Å². The molecule has 8 fully saturated rings. The first-order valence-electron chi connectivity index (χ1n) is 32.6. The van der Waals surface area contributed by atoms with Crippen LogP contribution < -0.4 is 15.4 Å². The Morgan fingerprint density at radius 2 is 1.64 bits per heavy atom. The van der Waals surface area contributed by atoms with Gasteiger partial charge in [0, 0.05) is 47.6 Å². The van der Waals surface area contributed by atoms with Gasteiger partial charge in [-0.2, -0.15) is 0 Å².